The lowest BCUT2D eigenvalue weighted by Gasteiger charge is -1.94. The molecule has 0 saturated heterocycles. The Morgan fingerprint density at radius 3 is 3.09 bits per heavy atom. The molecule has 0 N–H and O–H groups in total. The van der Waals surface area contributed by atoms with Crippen LogP contribution in [0.15, 0.2) is 29.0 Å². The van der Waals surface area contributed by atoms with Crippen LogP contribution < -0.4 is 0 Å². The van der Waals surface area contributed by atoms with Gasteiger partial charge in [-0.2, -0.15) is 0 Å². The number of halogens is 2. The molecule has 0 spiro atoms. The minimum atomic E-state index is 0.969. The zero-order valence-electron chi connectivity index (χ0n) is 5.46. The Labute approximate surface area is 85.9 Å². The van der Waals surface area contributed by atoms with Crippen LogP contribution in [-0.4, -0.2) is 9.38 Å². The van der Waals surface area contributed by atoms with Crippen LogP contribution in [0.4, 0.5) is 0 Å². The van der Waals surface area contributed by atoms with Crippen LogP contribution in [0.1, 0.15) is 0 Å². The summed E-state index contributed by atoms with van der Waals surface area (Å²) in [6.45, 7) is 0. The van der Waals surface area contributed by atoms with Gasteiger partial charge in [0.25, 0.3) is 0 Å². The standard InChI is InChI=1S/C7H4BrIN2/c8-5-2-1-3-11-6(9)4-10-7(5)11/h1-4H. The number of nitrogens with zero attached hydrogens (tertiary/aromatic N) is 2. The van der Waals surface area contributed by atoms with Crippen molar-refractivity contribution in [2.45, 2.75) is 0 Å². The second-order valence-electron chi connectivity index (χ2n) is 2.13. The summed E-state index contributed by atoms with van der Waals surface area (Å²) in [4.78, 5) is 4.23. The summed E-state index contributed by atoms with van der Waals surface area (Å²) in [5.74, 6) is 0. The molecule has 11 heavy (non-hydrogen) atoms. The van der Waals surface area contributed by atoms with Gasteiger partial charge >= 0.3 is 0 Å². The van der Waals surface area contributed by atoms with Crippen molar-refractivity contribution in [3.63, 3.8) is 0 Å². The van der Waals surface area contributed by atoms with Crippen molar-refractivity contribution in [3.05, 3.63) is 32.7 Å². The van der Waals surface area contributed by atoms with Gasteiger partial charge < -0.3 is 0 Å². The Bertz CT molecular complexity index is 396. The van der Waals surface area contributed by atoms with E-state index in [4.69, 9.17) is 0 Å². The van der Waals surface area contributed by atoms with Crippen LogP contribution in [0.2, 0.25) is 0 Å². The molecule has 2 aromatic rings. The van der Waals surface area contributed by atoms with E-state index in [-0.39, 0.29) is 0 Å². The SMILES string of the molecule is Brc1cccn2c(I)cnc12. The van der Waals surface area contributed by atoms with Gasteiger partial charge in [-0.05, 0) is 50.7 Å². The van der Waals surface area contributed by atoms with E-state index in [1.165, 1.54) is 0 Å². The molecule has 0 amide bonds. The minimum Gasteiger partial charge on any atom is -0.294 e. The molecule has 4 heteroatoms. The average Bonchev–Trinajstić information content (AvgIpc) is 2.35. The zero-order chi connectivity index (χ0) is 7.84. The third-order valence-corrected chi connectivity index (χ3v) is 2.86. The summed E-state index contributed by atoms with van der Waals surface area (Å²) in [5, 5.41) is 0. The van der Waals surface area contributed by atoms with Crippen LogP contribution in [0.3, 0.4) is 0 Å². The summed E-state index contributed by atoms with van der Waals surface area (Å²) in [6.07, 6.45) is 3.84. The number of rotatable bonds is 0. The lowest BCUT2D eigenvalue weighted by atomic mass is 10.5. The number of imidazole rings is 1. The summed E-state index contributed by atoms with van der Waals surface area (Å²) in [5.41, 5.74) is 0.969. The van der Waals surface area contributed by atoms with Crippen LogP contribution in [0.5, 0.6) is 0 Å². The fourth-order valence-corrected chi connectivity index (χ4v) is 1.92. The molecule has 2 rings (SSSR count). The molecule has 2 aromatic heterocycles. The fraction of sp³-hybridized carbons (Fsp3) is 0. The molecule has 0 aliphatic rings. The van der Waals surface area contributed by atoms with Gasteiger partial charge in [0, 0.05) is 6.20 Å². The number of aromatic nitrogens is 2. The van der Waals surface area contributed by atoms with Crippen LogP contribution >= 0.6 is 38.5 Å². The Morgan fingerprint density at radius 2 is 2.36 bits per heavy atom. The highest BCUT2D eigenvalue weighted by atomic mass is 127. The first kappa shape index (κ1) is 7.54. The third kappa shape index (κ3) is 1.18. The van der Waals surface area contributed by atoms with Crippen molar-refractivity contribution >= 4 is 44.2 Å². The topological polar surface area (TPSA) is 17.3 Å². The van der Waals surface area contributed by atoms with E-state index < -0.39 is 0 Å². The van der Waals surface area contributed by atoms with Crippen molar-refractivity contribution < 1.29 is 0 Å². The molecule has 56 valence electrons. The monoisotopic (exact) mass is 322 g/mol. The Kier molecular flexibility index (Phi) is 1.88. The van der Waals surface area contributed by atoms with Crippen molar-refractivity contribution in [2.75, 3.05) is 0 Å². The maximum Gasteiger partial charge on any atom is 0.151 e. The molecular weight excluding hydrogens is 319 g/mol. The minimum absolute atomic E-state index is 0.969. The van der Waals surface area contributed by atoms with Gasteiger partial charge in [0.15, 0.2) is 5.65 Å². The van der Waals surface area contributed by atoms with Crippen molar-refractivity contribution in [1.82, 2.24) is 9.38 Å². The lowest BCUT2D eigenvalue weighted by Crippen LogP contribution is -1.85. The van der Waals surface area contributed by atoms with E-state index >= 15 is 0 Å². The predicted octanol–water partition coefficient (Wildman–Crippen LogP) is 2.70. The molecule has 0 aliphatic heterocycles. The van der Waals surface area contributed by atoms with E-state index in [1.54, 1.807) is 0 Å². The Hall–Kier alpha value is -0.100. The molecule has 0 bridgehead atoms. The van der Waals surface area contributed by atoms with E-state index in [1.807, 2.05) is 28.9 Å². The maximum atomic E-state index is 4.23. The number of hydrogen-bond donors (Lipinski definition) is 0. The summed E-state index contributed by atoms with van der Waals surface area (Å²) in [7, 11) is 0. The van der Waals surface area contributed by atoms with Gasteiger partial charge in [-0.15, -0.1) is 0 Å². The molecule has 2 nitrogen and oxygen atoms in total. The second kappa shape index (κ2) is 2.75. The van der Waals surface area contributed by atoms with Crippen molar-refractivity contribution in [2.24, 2.45) is 0 Å². The van der Waals surface area contributed by atoms with Crippen LogP contribution in [0, 0.1) is 3.70 Å². The first-order valence-electron chi connectivity index (χ1n) is 3.06. The second-order valence-corrected chi connectivity index (χ2v) is 4.09. The molecule has 0 saturated carbocycles. The van der Waals surface area contributed by atoms with Crippen LogP contribution in [0.25, 0.3) is 5.65 Å². The molecule has 0 unspecified atom stereocenters. The maximum absolute atomic E-state index is 4.23. The van der Waals surface area contributed by atoms with Gasteiger partial charge in [0.05, 0.1) is 10.7 Å². The van der Waals surface area contributed by atoms with Gasteiger partial charge in [-0.25, -0.2) is 4.98 Å². The highest BCUT2D eigenvalue weighted by Gasteiger charge is 2.01. The molecular formula is C7H4BrIN2. The molecule has 0 aliphatic carbocycles. The van der Waals surface area contributed by atoms with Gasteiger partial charge in [0.1, 0.15) is 3.70 Å². The van der Waals surface area contributed by atoms with Gasteiger partial charge in [-0.1, -0.05) is 0 Å². The van der Waals surface area contributed by atoms with Crippen LogP contribution in [-0.2, 0) is 0 Å². The summed E-state index contributed by atoms with van der Waals surface area (Å²) >= 11 is 5.67. The molecule has 0 radical (unpaired) electrons. The molecule has 0 aromatic carbocycles. The molecule has 0 atom stereocenters. The number of pyridine rings is 1. The van der Waals surface area contributed by atoms with E-state index in [0.29, 0.717) is 0 Å². The molecule has 0 fully saturated rings. The third-order valence-electron chi connectivity index (χ3n) is 1.44. The number of fused-ring (bicyclic) bond motifs is 1. The Balaban J connectivity index is 2.94. The summed E-state index contributed by atoms with van der Waals surface area (Å²) < 4.78 is 4.19. The van der Waals surface area contributed by atoms with Crippen molar-refractivity contribution in [1.29, 1.82) is 0 Å². The fourth-order valence-electron chi connectivity index (χ4n) is 0.947. The highest BCUT2D eigenvalue weighted by Crippen LogP contribution is 2.17. The number of hydrogen-bond acceptors (Lipinski definition) is 1. The first-order chi connectivity index (χ1) is 5.29. The van der Waals surface area contributed by atoms with E-state index in [9.17, 15) is 0 Å². The van der Waals surface area contributed by atoms with E-state index in [0.717, 1.165) is 13.8 Å². The van der Waals surface area contributed by atoms with Gasteiger partial charge in [0.2, 0.25) is 0 Å². The molecule has 2 heterocycles. The normalized spacial score (nSPS) is 10.7. The first-order valence-corrected chi connectivity index (χ1v) is 4.93. The smallest absolute Gasteiger partial charge is 0.151 e. The average molecular weight is 323 g/mol. The highest BCUT2D eigenvalue weighted by molar-refractivity contribution is 14.1. The predicted molar refractivity (Wildman–Crippen MR) is 55.6 cm³/mol. The van der Waals surface area contributed by atoms with Crippen molar-refractivity contribution in [3.8, 4) is 0 Å². The van der Waals surface area contributed by atoms with Gasteiger partial charge in [-0.3, -0.25) is 4.40 Å². The zero-order valence-corrected chi connectivity index (χ0v) is 9.20. The summed E-state index contributed by atoms with van der Waals surface area (Å²) in [6, 6.07) is 3.97. The quantitative estimate of drug-likeness (QED) is 0.682. The largest absolute Gasteiger partial charge is 0.294 e. The van der Waals surface area contributed by atoms with E-state index in [2.05, 4.69) is 43.5 Å². The Morgan fingerprint density at radius 1 is 1.55 bits per heavy atom. The lowest BCUT2D eigenvalue weighted by molar-refractivity contribution is 1.14.